The Kier molecular flexibility index (Phi) is 4.63. The van der Waals surface area contributed by atoms with Gasteiger partial charge in [-0.15, -0.1) is 0 Å². The number of aromatic nitrogens is 2. The first-order valence-electron chi connectivity index (χ1n) is 7.36. The van der Waals surface area contributed by atoms with Crippen LogP contribution < -0.4 is 5.32 Å². The normalized spacial score (nSPS) is 31.9. The van der Waals surface area contributed by atoms with Gasteiger partial charge in [-0.05, 0) is 38.8 Å². The first-order chi connectivity index (χ1) is 9.02. The van der Waals surface area contributed by atoms with Gasteiger partial charge in [-0.25, -0.2) is 4.98 Å². The van der Waals surface area contributed by atoms with Crippen molar-refractivity contribution in [3.8, 4) is 0 Å². The topological polar surface area (TPSA) is 33.1 Å². The summed E-state index contributed by atoms with van der Waals surface area (Å²) < 4.78 is 2.11. The fourth-order valence-corrected chi connectivity index (χ4v) is 3.75. The van der Waals surface area contributed by atoms with Gasteiger partial charge in [-0.3, -0.25) is 4.90 Å². The van der Waals surface area contributed by atoms with Crippen molar-refractivity contribution in [3.63, 3.8) is 0 Å². The molecule has 0 bridgehead atoms. The summed E-state index contributed by atoms with van der Waals surface area (Å²) in [5.74, 6) is 2.69. The molecule has 108 valence electrons. The zero-order valence-electron chi connectivity index (χ0n) is 12.9. The summed E-state index contributed by atoms with van der Waals surface area (Å²) in [6, 6.07) is 1.18. The van der Waals surface area contributed by atoms with Gasteiger partial charge in [0.15, 0.2) is 0 Å². The Bertz CT molecular complexity index is 401. The molecule has 1 N–H and O–H groups in total. The molecule has 1 saturated carbocycles. The molecule has 1 fully saturated rings. The van der Waals surface area contributed by atoms with E-state index in [-0.39, 0.29) is 0 Å². The number of hydrogen-bond donors (Lipinski definition) is 1. The summed E-state index contributed by atoms with van der Waals surface area (Å²) in [5.41, 5.74) is 0. The molecule has 1 aliphatic rings. The van der Waals surface area contributed by atoms with Gasteiger partial charge in [0.1, 0.15) is 5.82 Å². The van der Waals surface area contributed by atoms with E-state index in [2.05, 4.69) is 54.8 Å². The summed E-state index contributed by atoms with van der Waals surface area (Å²) >= 11 is 0. The molecule has 0 spiro atoms. The van der Waals surface area contributed by atoms with Gasteiger partial charge in [-0.2, -0.15) is 0 Å². The highest BCUT2D eigenvalue weighted by molar-refractivity contribution is 4.96. The van der Waals surface area contributed by atoms with Crippen LogP contribution in [0.2, 0.25) is 0 Å². The lowest BCUT2D eigenvalue weighted by atomic mass is 9.76. The van der Waals surface area contributed by atoms with Gasteiger partial charge in [0.05, 0.1) is 6.54 Å². The minimum atomic E-state index is 0.587. The van der Waals surface area contributed by atoms with E-state index in [9.17, 15) is 0 Å². The Hall–Kier alpha value is -0.870. The molecule has 19 heavy (non-hydrogen) atoms. The first-order valence-corrected chi connectivity index (χ1v) is 7.36. The fourth-order valence-electron chi connectivity index (χ4n) is 3.75. The number of nitrogens with zero attached hydrogens (tertiary/aromatic N) is 3. The van der Waals surface area contributed by atoms with Crippen molar-refractivity contribution in [3.05, 3.63) is 18.2 Å². The highest BCUT2D eigenvalue weighted by Crippen LogP contribution is 2.32. The van der Waals surface area contributed by atoms with Gasteiger partial charge in [0, 0.05) is 31.5 Å². The van der Waals surface area contributed by atoms with E-state index < -0.39 is 0 Å². The average molecular weight is 264 g/mol. The van der Waals surface area contributed by atoms with Crippen molar-refractivity contribution >= 4 is 0 Å². The molecular weight excluding hydrogens is 236 g/mol. The van der Waals surface area contributed by atoms with Crippen molar-refractivity contribution in [1.29, 1.82) is 0 Å². The van der Waals surface area contributed by atoms with E-state index in [0.29, 0.717) is 12.1 Å². The number of nitrogens with one attached hydrogen (secondary N) is 1. The summed E-state index contributed by atoms with van der Waals surface area (Å²) in [4.78, 5) is 6.91. The van der Waals surface area contributed by atoms with Gasteiger partial charge in [0.2, 0.25) is 0 Å². The maximum Gasteiger partial charge on any atom is 0.122 e. The van der Waals surface area contributed by atoms with Crippen LogP contribution in [0.1, 0.15) is 32.5 Å². The van der Waals surface area contributed by atoms with E-state index in [1.54, 1.807) is 0 Å². The van der Waals surface area contributed by atoms with E-state index >= 15 is 0 Å². The Labute approximate surface area is 117 Å². The molecular formula is C15H28N4. The lowest BCUT2D eigenvalue weighted by Crippen LogP contribution is -2.54. The highest BCUT2D eigenvalue weighted by Gasteiger charge is 2.35. The van der Waals surface area contributed by atoms with E-state index in [1.807, 2.05) is 12.4 Å². The lowest BCUT2D eigenvalue weighted by molar-refractivity contribution is 0.0763. The van der Waals surface area contributed by atoms with Crippen LogP contribution in [0.25, 0.3) is 0 Å². The Morgan fingerprint density at radius 2 is 2.16 bits per heavy atom. The predicted molar refractivity (Wildman–Crippen MR) is 78.9 cm³/mol. The maximum atomic E-state index is 4.44. The molecule has 0 amide bonds. The van der Waals surface area contributed by atoms with Gasteiger partial charge < -0.3 is 9.88 Å². The predicted octanol–water partition coefficient (Wildman–Crippen LogP) is 1.87. The molecule has 2 rings (SSSR count). The number of rotatable bonds is 4. The minimum absolute atomic E-state index is 0.587. The van der Waals surface area contributed by atoms with Gasteiger partial charge in [0.25, 0.3) is 0 Å². The second-order valence-electron chi connectivity index (χ2n) is 6.31. The van der Waals surface area contributed by atoms with Crippen LogP contribution in [0.4, 0.5) is 0 Å². The van der Waals surface area contributed by atoms with Gasteiger partial charge >= 0.3 is 0 Å². The number of hydrogen-bond acceptors (Lipinski definition) is 3. The molecule has 0 aromatic carbocycles. The summed E-state index contributed by atoms with van der Waals surface area (Å²) in [6.07, 6.45) is 6.50. The minimum Gasteiger partial charge on any atom is -0.337 e. The molecule has 1 aromatic heterocycles. The third-order valence-electron chi connectivity index (χ3n) is 4.62. The number of aryl methyl sites for hydroxylation is 1. The average Bonchev–Trinajstić information content (AvgIpc) is 2.73. The van der Waals surface area contributed by atoms with Crippen molar-refractivity contribution in [2.75, 3.05) is 14.1 Å². The van der Waals surface area contributed by atoms with E-state index in [4.69, 9.17) is 0 Å². The highest BCUT2D eigenvalue weighted by atomic mass is 15.2. The SMILES string of the molecule is CNC1CC(C)CC(C)C1N(C)Cc1nccn1C. The standard InChI is InChI=1S/C15H28N4/c1-11-8-12(2)15(13(9-11)16-3)19(5)10-14-17-6-7-18(14)4/h6-7,11-13,15-16H,8-10H2,1-5H3. The molecule has 0 saturated heterocycles. The molecule has 0 radical (unpaired) electrons. The largest absolute Gasteiger partial charge is 0.337 e. The van der Waals surface area contributed by atoms with Crippen LogP contribution >= 0.6 is 0 Å². The van der Waals surface area contributed by atoms with Crippen LogP contribution in [0.5, 0.6) is 0 Å². The summed E-state index contributed by atoms with van der Waals surface area (Å²) in [5, 5.41) is 3.52. The van der Waals surface area contributed by atoms with Crippen molar-refractivity contribution < 1.29 is 0 Å². The molecule has 4 unspecified atom stereocenters. The Balaban J connectivity index is 2.07. The molecule has 4 atom stereocenters. The van der Waals surface area contributed by atoms with Crippen molar-refractivity contribution in [2.24, 2.45) is 18.9 Å². The van der Waals surface area contributed by atoms with Crippen LogP contribution in [-0.2, 0) is 13.6 Å². The lowest BCUT2D eigenvalue weighted by Gasteiger charge is -2.44. The van der Waals surface area contributed by atoms with Crippen molar-refractivity contribution in [1.82, 2.24) is 19.8 Å². The van der Waals surface area contributed by atoms with Crippen LogP contribution in [0.3, 0.4) is 0 Å². The molecule has 0 aliphatic heterocycles. The van der Waals surface area contributed by atoms with Crippen LogP contribution in [-0.4, -0.2) is 40.6 Å². The molecule has 4 nitrogen and oxygen atoms in total. The van der Waals surface area contributed by atoms with Gasteiger partial charge in [-0.1, -0.05) is 13.8 Å². The second-order valence-corrected chi connectivity index (χ2v) is 6.31. The number of imidazole rings is 1. The fraction of sp³-hybridized carbons (Fsp3) is 0.800. The smallest absolute Gasteiger partial charge is 0.122 e. The maximum absolute atomic E-state index is 4.44. The summed E-state index contributed by atoms with van der Waals surface area (Å²) in [7, 11) is 6.39. The summed E-state index contributed by atoms with van der Waals surface area (Å²) in [6.45, 7) is 5.68. The molecule has 1 heterocycles. The Morgan fingerprint density at radius 1 is 1.42 bits per heavy atom. The first kappa shape index (κ1) is 14.5. The quantitative estimate of drug-likeness (QED) is 0.901. The van der Waals surface area contributed by atoms with E-state index in [1.165, 1.54) is 12.8 Å². The Morgan fingerprint density at radius 3 is 2.74 bits per heavy atom. The second kappa shape index (κ2) is 6.06. The molecule has 4 heteroatoms. The monoisotopic (exact) mass is 264 g/mol. The third kappa shape index (κ3) is 3.18. The van der Waals surface area contributed by atoms with Crippen molar-refractivity contribution in [2.45, 2.75) is 45.3 Å². The zero-order chi connectivity index (χ0) is 14.0. The molecule has 1 aromatic rings. The van der Waals surface area contributed by atoms with E-state index in [0.717, 1.165) is 24.2 Å². The van der Waals surface area contributed by atoms with Crippen LogP contribution in [0.15, 0.2) is 12.4 Å². The zero-order valence-corrected chi connectivity index (χ0v) is 12.9. The van der Waals surface area contributed by atoms with Crippen LogP contribution in [0, 0.1) is 11.8 Å². The third-order valence-corrected chi connectivity index (χ3v) is 4.62. The number of likely N-dealkylation sites (N-methyl/N-ethyl adjacent to an activating group) is 2. The molecule has 1 aliphatic carbocycles.